The van der Waals surface area contributed by atoms with Gasteiger partial charge in [-0.05, 0) is 40.5 Å². The molecule has 0 bridgehead atoms. The van der Waals surface area contributed by atoms with Crippen molar-refractivity contribution in [2.24, 2.45) is 0 Å². The Labute approximate surface area is 101 Å². The van der Waals surface area contributed by atoms with Gasteiger partial charge in [0.2, 0.25) is 0 Å². The van der Waals surface area contributed by atoms with E-state index in [0.29, 0.717) is 11.3 Å². The first-order valence-electron chi connectivity index (χ1n) is 4.67. The standard InChI is InChI=1S/C12H9BrO3/c1-7-2-3-8(6-9(7)12(14)15)11-10(13)4-5-16-11/h2-6H,1H3,(H,14,15). The van der Waals surface area contributed by atoms with Crippen LogP contribution in [0.3, 0.4) is 0 Å². The molecule has 82 valence electrons. The summed E-state index contributed by atoms with van der Waals surface area (Å²) in [5.74, 6) is -0.287. The summed E-state index contributed by atoms with van der Waals surface area (Å²) >= 11 is 3.34. The molecule has 3 nitrogen and oxygen atoms in total. The largest absolute Gasteiger partial charge is 0.478 e. The van der Waals surface area contributed by atoms with Crippen LogP contribution in [0.2, 0.25) is 0 Å². The first-order valence-corrected chi connectivity index (χ1v) is 5.46. The van der Waals surface area contributed by atoms with Crippen molar-refractivity contribution in [1.82, 2.24) is 0 Å². The van der Waals surface area contributed by atoms with Crippen molar-refractivity contribution < 1.29 is 14.3 Å². The van der Waals surface area contributed by atoms with Crippen molar-refractivity contribution in [1.29, 1.82) is 0 Å². The molecule has 0 unspecified atom stereocenters. The summed E-state index contributed by atoms with van der Waals surface area (Å²) in [6.07, 6.45) is 1.56. The maximum atomic E-state index is 11.0. The third-order valence-electron chi connectivity index (χ3n) is 2.35. The topological polar surface area (TPSA) is 50.4 Å². The highest BCUT2D eigenvalue weighted by Gasteiger charge is 2.12. The smallest absolute Gasteiger partial charge is 0.335 e. The molecule has 0 saturated heterocycles. The van der Waals surface area contributed by atoms with Gasteiger partial charge in [-0.3, -0.25) is 0 Å². The van der Waals surface area contributed by atoms with Gasteiger partial charge < -0.3 is 9.52 Å². The zero-order valence-electron chi connectivity index (χ0n) is 8.53. The molecule has 0 amide bonds. The van der Waals surface area contributed by atoms with Gasteiger partial charge in [-0.2, -0.15) is 0 Å². The minimum Gasteiger partial charge on any atom is -0.478 e. The number of hydrogen-bond acceptors (Lipinski definition) is 2. The molecule has 4 heteroatoms. The van der Waals surface area contributed by atoms with Crippen molar-refractivity contribution in [3.63, 3.8) is 0 Å². The van der Waals surface area contributed by atoms with E-state index in [0.717, 1.165) is 15.6 Å². The van der Waals surface area contributed by atoms with E-state index in [1.807, 2.05) is 6.07 Å². The molecule has 1 aromatic carbocycles. The van der Waals surface area contributed by atoms with Crippen molar-refractivity contribution >= 4 is 21.9 Å². The Balaban J connectivity index is 2.56. The number of carboxylic acid groups (broad SMARTS) is 1. The molecule has 0 aliphatic carbocycles. The maximum Gasteiger partial charge on any atom is 0.335 e. The van der Waals surface area contributed by atoms with Crippen molar-refractivity contribution in [2.45, 2.75) is 6.92 Å². The van der Waals surface area contributed by atoms with Crippen LogP contribution in [0.5, 0.6) is 0 Å². The third-order valence-corrected chi connectivity index (χ3v) is 2.97. The molecule has 0 saturated carbocycles. The molecule has 0 radical (unpaired) electrons. The molecular formula is C12H9BrO3. The van der Waals surface area contributed by atoms with Crippen molar-refractivity contribution in [3.8, 4) is 11.3 Å². The minimum atomic E-state index is -0.929. The van der Waals surface area contributed by atoms with Gasteiger partial charge in [0, 0.05) is 5.56 Å². The summed E-state index contributed by atoms with van der Waals surface area (Å²) in [6.45, 7) is 1.77. The molecule has 1 heterocycles. The summed E-state index contributed by atoms with van der Waals surface area (Å²) in [5.41, 5.74) is 1.78. The lowest BCUT2D eigenvalue weighted by Gasteiger charge is -2.03. The number of benzene rings is 1. The number of aromatic carboxylic acids is 1. The highest BCUT2D eigenvalue weighted by molar-refractivity contribution is 9.10. The van der Waals surface area contributed by atoms with Gasteiger partial charge in [0.25, 0.3) is 0 Å². The zero-order chi connectivity index (χ0) is 11.7. The van der Waals surface area contributed by atoms with E-state index in [9.17, 15) is 4.79 Å². The summed E-state index contributed by atoms with van der Waals surface area (Å²) in [4.78, 5) is 11.0. The first kappa shape index (κ1) is 11.0. The summed E-state index contributed by atoms with van der Waals surface area (Å²) < 4.78 is 6.10. The molecule has 0 aliphatic rings. The lowest BCUT2D eigenvalue weighted by atomic mass is 10.0. The summed E-state index contributed by atoms with van der Waals surface area (Å²) in [6, 6.07) is 7.00. The number of carboxylic acids is 1. The molecule has 1 N–H and O–H groups in total. The van der Waals surface area contributed by atoms with Gasteiger partial charge in [0.1, 0.15) is 5.76 Å². The monoisotopic (exact) mass is 280 g/mol. The summed E-state index contributed by atoms with van der Waals surface area (Å²) in [7, 11) is 0. The molecule has 16 heavy (non-hydrogen) atoms. The number of hydrogen-bond donors (Lipinski definition) is 1. The fourth-order valence-corrected chi connectivity index (χ4v) is 1.92. The Morgan fingerprint density at radius 1 is 1.38 bits per heavy atom. The average molecular weight is 281 g/mol. The van der Waals surface area contributed by atoms with E-state index in [-0.39, 0.29) is 0 Å². The number of halogens is 1. The highest BCUT2D eigenvalue weighted by Crippen LogP contribution is 2.30. The van der Waals surface area contributed by atoms with Crippen LogP contribution in [0.1, 0.15) is 15.9 Å². The highest BCUT2D eigenvalue weighted by atomic mass is 79.9. The number of furan rings is 1. The first-order chi connectivity index (χ1) is 7.59. The molecule has 2 aromatic rings. The van der Waals surface area contributed by atoms with Gasteiger partial charge in [0.05, 0.1) is 16.3 Å². The number of rotatable bonds is 2. The Morgan fingerprint density at radius 3 is 2.69 bits per heavy atom. The molecule has 1 aromatic heterocycles. The number of aryl methyl sites for hydroxylation is 1. The molecule has 0 fully saturated rings. The normalized spacial score (nSPS) is 10.4. The van der Waals surface area contributed by atoms with E-state index >= 15 is 0 Å². The molecule has 0 aliphatic heterocycles. The minimum absolute atomic E-state index is 0.292. The second kappa shape index (κ2) is 4.14. The Bertz CT molecular complexity index is 543. The van der Waals surface area contributed by atoms with Crippen LogP contribution in [0.25, 0.3) is 11.3 Å². The Hall–Kier alpha value is -1.55. The average Bonchev–Trinajstić information content (AvgIpc) is 2.65. The molecule has 2 rings (SSSR count). The van der Waals surface area contributed by atoms with Crippen molar-refractivity contribution in [2.75, 3.05) is 0 Å². The van der Waals surface area contributed by atoms with E-state index in [2.05, 4.69) is 15.9 Å². The third kappa shape index (κ3) is 1.88. The van der Waals surface area contributed by atoms with Crippen LogP contribution in [-0.2, 0) is 0 Å². The van der Waals surface area contributed by atoms with Crippen LogP contribution in [0.15, 0.2) is 39.4 Å². The predicted octanol–water partition coefficient (Wildman–Crippen LogP) is 3.72. The second-order valence-electron chi connectivity index (χ2n) is 3.43. The number of carbonyl (C=O) groups is 1. The lowest BCUT2D eigenvalue weighted by Crippen LogP contribution is -1.99. The van der Waals surface area contributed by atoms with E-state index in [1.165, 1.54) is 0 Å². The zero-order valence-corrected chi connectivity index (χ0v) is 10.1. The fourth-order valence-electron chi connectivity index (χ4n) is 1.49. The van der Waals surface area contributed by atoms with E-state index in [4.69, 9.17) is 9.52 Å². The van der Waals surface area contributed by atoms with Gasteiger partial charge in [-0.25, -0.2) is 4.79 Å². The Kier molecular flexibility index (Phi) is 2.83. The Morgan fingerprint density at radius 2 is 2.12 bits per heavy atom. The quantitative estimate of drug-likeness (QED) is 0.912. The van der Waals surface area contributed by atoms with Crippen molar-refractivity contribution in [3.05, 3.63) is 46.1 Å². The van der Waals surface area contributed by atoms with Crippen LogP contribution >= 0.6 is 15.9 Å². The van der Waals surface area contributed by atoms with Gasteiger partial charge in [0.15, 0.2) is 0 Å². The fraction of sp³-hybridized carbons (Fsp3) is 0.0833. The maximum absolute atomic E-state index is 11.0. The summed E-state index contributed by atoms with van der Waals surface area (Å²) in [5, 5.41) is 9.01. The predicted molar refractivity (Wildman–Crippen MR) is 63.5 cm³/mol. The van der Waals surface area contributed by atoms with Gasteiger partial charge >= 0.3 is 5.97 Å². The van der Waals surface area contributed by atoms with Gasteiger partial charge in [-0.1, -0.05) is 12.1 Å². The van der Waals surface area contributed by atoms with Crippen LogP contribution in [0, 0.1) is 6.92 Å². The van der Waals surface area contributed by atoms with Crippen LogP contribution < -0.4 is 0 Å². The SMILES string of the molecule is Cc1ccc(-c2occc2Br)cc1C(=O)O. The molecule has 0 atom stereocenters. The molecule has 0 spiro atoms. The van der Waals surface area contributed by atoms with E-state index in [1.54, 1.807) is 31.4 Å². The van der Waals surface area contributed by atoms with Crippen LogP contribution in [-0.4, -0.2) is 11.1 Å². The van der Waals surface area contributed by atoms with Gasteiger partial charge in [-0.15, -0.1) is 0 Å². The molecular weight excluding hydrogens is 272 g/mol. The van der Waals surface area contributed by atoms with E-state index < -0.39 is 5.97 Å². The second-order valence-corrected chi connectivity index (χ2v) is 4.29. The lowest BCUT2D eigenvalue weighted by molar-refractivity contribution is 0.0696. The van der Waals surface area contributed by atoms with Crippen LogP contribution in [0.4, 0.5) is 0 Å².